The lowest BCUT2D eigenvalue weighted by atomic mass is 9.97. The normalized spacial score (nSPS) is 14.1. The maximum atomic E-state index is 12.8. The van der Waals surface area contributed by atoms with Crippen LogP contribution in [0.5, 0.6) is 0 Å². The first-order chi connectivity index (χ1) is 18.2. The number of hydrogen-bond acceptors (Lipinski definition) is 6. The average Bonchev–Trinajstić information content (AvgIpc) is 3.52. The highest BCUT2D eigenvalue weighted by atomic mass is 32.2. The lowest BCUT2D eigenvalue weighted by Crippen LogP contribution is -2.34. The van der Waals surface area contributed by atoms with Gasteiger partial charge in [0.15, 0.2) is 10.8 Å². The van der Waals surface area contributed by atoms with E-state index in [1.165, 1.54) is 40.6 Å². The van der Waals surface area contributed by atoms with Gasteiger partial charge in [-0.15, -0.1) is 21.5 Å². The van der Waals surface area contributed by atoms with Gasteiger partial charge in [-0.1, -0.05) is 72.4 Å². The van der Waals surface area contributed by atoms with Crippen molar-refractivity contribution in [3.63, 3.8) is 0 Å². The van der Waals surface area contributed by atoms with Crippen LogP contribution in [0.3, 0.4) is 0 Å². The van der Waals surface area contributed by atoms with Gasteiger partial charge in [0.2, 0.25) is 5.91 Å². The Morgan fingerprint density at radius 2 is 1.81 bits per heavy atom. The van der Waals surface area contributed by atoms with Crippen LogP contribution in [0.25, 0.3) is 27.3 Å². The zero-order valence-corrected chi connectivity index (χ0v) is 22.4. The number of aryl methyl sites for hydroxylation is 3. The molecule has 0 fully saturated rings. The number of benzene rings is 2. The number of nitrogens with zero attached hydrogens (tertiary/aromatic N) is 4. The lowest BCUT2D eigenvalue weighted by Gasteiger charge is -2.14. The predicted octanol–water partition coefficient (Wildman–Crippen LogP) is 6.11. The molecule has 0 saturated heterocycles. The Kier molecular flexibility index (Phi) is 6.93. The Morgan fingerprint density at radius 3 is 2.62 bits per heavy atom. The second-order valence-electron chi connectivity index (χ2n) is 9.62. The van der Waals surface area contributed by atoms with Crippen molar-refractivity contribution in [1.82, 2.24) is 24.9 Å². The van der Waals surface area contributed by atoms with Crippen molar-refractivity contribution in [3.05, 3.63) is 76.7 Å². The standard InChI is InChI=1S/C29H29N5OS2/c1-19(16-17-20-10-4-2-5-11-20)30-24(35)18-36-29-33-32-27-25-22-14-8-9-15-23(22)37-28(25)31-26(34(27)29)21-12-6-3-7-13-21/h2-7,10-13,19H,8-9,14-18H2,1H3,(H,30,35)/t19-/m1/s1. The van der Waals surface area contributed by atoms with E-state index in [1.54, 1.807) is 11.3 Å². The highest BCUT2D eigenvalue weighted by Gasteiger charge is 2.24. The van der Waals surface area contributed by atoms with Crippen LogP contribution in [0.15, 0.2) is 65.8 Å². The molecule has 0 aliphatic heterocycles. The van der Waals surface area contributed by atoms with Gasteiger partial charge in [0.1, 0.15) is 10.7 Å². The van der Waals surface area contributed by atoms with Crippen LogP contribution in [0, 0.1) is 0 Å². The SMILES string of the molecule is C[C@H](CCc1ccccc1)NC(=O)CSc1nnc2c3c4c(sc3nc(-c3ccccc3)n12)CCCC4. The summed E-state index contributed by atoms with van der Waals surface area (Å²) in [5.74, 6) is 1.11. The van der Waals surface area contributed by atoms with Crippen molar-refractivity contribution >= 4 is 44.9 Å². The molecule has 0 radical (unpaired) electrons. The number of carbonyl (C=O) groups excluding carboxylic acids is 1. The molecule has 2 aromatic carbocycles. The number of aromatic nitrogens is 4. The zero-order chi connectivity index (χ0) is 25.2. The summed E-state index contributed by atoms with van der Waals surface area (Å²) in [5.41, 5.74) is 4.54. The molecule has 0 bridgehead atoms. The minimum absolute atomic E-state index is 0.00511. The molecule has 0 spiro atoms. The molecule has 0 unspecified atom stereocenters. The molecule has 6 rings (SSSR count). The van der Waals surface area contributed by atoms with Gasteiger partial charge >= 0.3 is 0 Å². The summed E-state index contributed by atoms with van der Waals surface area (Å²) in [6.45, 7) is 2.06. The Hall–Kier alpha value is -3.23. The summed E-state index contributed by atoms with van der Waals surface area (Å²) in [6.07, 6.45) is 6.45. The van der Waals surface area contributed by atoms with Crippen LogP contribution in [0.4, 0.5) is 0 Å². The molecule has 188 valence electrons. The molecule has 1 amide bonds. The van der Waals surface area contributed by atoms with Gasteiger partial charge in [0.05, 0.1) is 11.1 Å². The molecule has 8 heteroatoms. The first-order valence-electron chi connectivity index (χ1n) is 12.9. The first-order valence-corrected chi connectivity index (χ1v) is 14.7. The molecule has 0 saturated carbocycles. The van der Waals surface area contributed by atoms with Crippen LogP contribution in [0.1, 0.15) is 42.2 Å². The zero-order valence-electron chi connectivity index (χ0n) is 20.8. The molecule has 3 heterocycles. The van der Waals surface area contributed by atoms with Crippen molar-refractivity contribution < 1.29 is 4.79 Å². The summed E-state index contributed by atoms with van der Waals surface area (Å²) in [7, 11) is 0. The number of thiophene rings is 1. The van der Waals surface area contributed by atoms with Crippen molar-refractivity contribution in [1.29, 1.82) is 0 Å². The number of fused-ring (bicyclic) bond motifs is 5. The van der Waals surface area contributed by atoms with E-state index in [0.717, 1.165) is 52.9 Å². The van der Waals surface area contributed by atoms with Crippen LogP contribution < -0.4 is 5.32 Å². The lowest BCUT2D eigenvalue weighted by molar-refractivity contribution is -0.119. The molecule has 1 atom stereocenters. The van der Waals surface area contributed by atoms with Gasteiger partial charge in [-0.3, -0.25) is 9.20 Å². The van der Waals surface area contributed by atoms with E-state index in [1.807, 2.05) is 24.3 Å². The van der Waals surface area contributed by atoms with Crippen molar-refractivity contribution in [2.45, 2.75) is 56.6 Å². The average molecular weight is 528 g/mol. The maximum absolute atomic E-state index is 12.8. The first kappa shape index (κ1) is 24.1. The maximum Gasteiger partial charge on any atom is 0.230 e. The summed E-state index contributed by atoms with van der Waals surface area (Å²) >= 11 is 3.22. The molecule has 1 N–H and O–H groups in total. The summed E-state index contributed by atoms with van der Waals surface area (Å²) in [6, 6.07) is 20.7. The van der Waals surface area contributed by atoms with Crippen LogP contribution in [-0.2, 0) is 24.1 Å². The number of rotatable bonds is 8. The highest BCUT2D eigenvalue weighted by Crippen LogP contribution is 2.39. The van der Waals surface area contributed by atoms with Gasteiger partial charge in [0.25, 0.3) is 0 Å². The van der Waals surface area contributed by atoms with Crippen molar-refractivity contribution in [2.75, 3.05) is 5.75 Å². The summed E-state index contributed by atoms with van der Waals surface area (Å²) in [4.78, 5) is 20.4. The van der Waals surface area contributed by atoms with Gasteiger partial charge in [-0.2, -0.15) is 0 Å². The number of carbonyl (C=O) groups is 1. The fraction of sp³-hybridized carbons (Fsp3) is 0.310. The molecule has 1 aliphatic rings. The Labute approximate surface area is 224 Å². The summed E-state index contributed by atoms with van der Waals surface area (Å²) < 4.78 is 2.05. The van der Waals surface area contributed by atoms with Gasteiger partial charge in [-0.05, 0) is 56.6 Å². The smallest absolute Gasteiger partial charge is 0.230 e. The topological polar surface area (TPSA) is 72.2 Å². The van der Waals surface area contributed by atoms with E-state index >= 15 is 0 Å². The van der Waals surface area contributed by atoms with Crippen molar-refractivity contribution in [2.24, 2.45) is 0 Å². The van der Waals surface area contributed by atoms with Crippen LogP contribution >= 0.6 is 23.1 Å². The third-order valence-electron chi connectivity index (χ3n) is 6.91. The molecule has 1 aliphatic carbocycles. The Balaban J connectivity index is 1.25. The number of amides is 1. The molecule has 37 heavy (non-hydrogen) atoms. The van der Waals surface area contributed by atoms with E-state index < -0.39 is 0 Å². The fourth-order valence-electron chi connectivity index (χ4n) is 5.05. The van der Waals surface area contributed by atoms with E-state index in [2.05, 4.69) is 63.2 Å². The van der Waals surface area contributed by atoms with E-state index in [-0.39, 0.29) is 17.7 Å². The Bertz CT molecular complexity index is 1540. The number of nitrogens with one attached hydrogen (secondary N) is 1. The van der Waals surface area contributed by atoms with Crippen LogP contribution in [0.2, 0.25) is 0 Å². The molecule has 6 nitrogen and oxygen atoms in total. The minimum Gasteiger partial charge on any atom is -0.353 e. The fourth-order valence-corrected chi connectivity index (χ4v) is 7.05. The monoisotopic (exact) mass is 527 g/mol. The molecular weight excluding hydrogens is 498 g/mol. The highest BCUT2D eigenvalue weighted by molar-refractivity contribution is 7.99. The second-order valence-corrected chi connectivity index (χ2v) is 11.6. The predicted molar refractivity (Wildman–Crippen MR) is 151 cm³/mol. The molecular formula is C29H29N5OS2. The largest absolute Gasteiger partial charge is 0.353 e. The second kappa shape index (κ2) is 10.6. The molecule has 3 aromatic heterocycles. The van der Waals surface area contributed by atoms with Crippen LogP contribution in [-0.4, -0.2) is 37.3 Å². The van der Waals surface area contributed by atoms with Crippen molar-refractivity contribution in [3.8, 4) is 11.4 Å². The van der Waals surface area contributed by atoms with Gasteiger partial charge in [0, 0.05) is 16.5 Å². The van der Waals surface area contributed by atoms with Gasteiger partial charge < -0.3 is 5.32 Å². The third kappa shape index (κ3) is 5.00. The van der Waals surface area contributed by atoms with E-state index in [0.29, 0.717) is 5.16 Å². The molecule has 5 aromatic rings. The summed E-state index contributed by atoms with van der Waals surface area (Å²) in [5, 5.41) is 14.2. The Morgan fingerprint density at radius 1 is 1.05 bits per heavy atom. The third-order valence-corrected chi connectivity index (χ3v) is 9.02. The number of hydrogen-bond donors (Lipinski definition) is 1. The quantitative estimate of drug-likeness (QED) is 0.246. The van der Waals surface area contributed by atoms with Gasteiger partial charge in [-0.25, -0.2) is 4.98 Å². The number of thioether (sulfide) groups is 1. The minimum atomic E-state index is 0.00511. The van der Waals surface area contributed by atoms with E-state index in [4.69, 9.17) is 4.98 Å². The van der Waals surface area contributed by atoms with E-state index in [9.17, 15) is 4.79 Å².